The average molecular weight is 281 g/mol. The molecular formula is C17H19N3O. The predicted molar refractivity (Wildman–Crippen MR) is 86.6 cm³/mol. The summed E-state index contributed by atoms with van der Waals surface area (Å²) in [7, 11) is 0. The standard InChI is InChI=1S/C17H19N3O/c1-13-6-5-9-16(10-13)18-12-17(21)20-19-11-15-8-4-3-7-14(15)2/h3-11,18H,12H2,1-2H3,(H,20,21)/b19-11-. The number of anilines is 1. The minimum absolute atomic E-state index is 0.179. The van der Waals surface area contributed by atoms with Crippen LogP contribution in [0.1, 0.15) is 16.7 Å². The molecule has 0 fully saturated rings. The maximum Gasteiger partial charge on any atom is 0.259 e. The van der Waals surface area contributed by atoms with Gasteiger partial charge in [0, 0.05) is 5.69 Å². The highest BCUT2D eigenvalue weighted by Crippen LogP contribution is 2.08. The molecule has 4 heteroatoms. The quantitative estimate of drug-likeness (QED) is 0.654. The molecule has 2 aromatic rings. The first-order chi connectivity index (χ1) is 10.1. The Morgan fingerprint density at radius 2 is 1.95 bits per heavy atom. The molecule has 0 spiro atoms. The van der Waals surface area contributed by atoms with Gasteiger partial charge >= 0.3 is 0 Å². The Bertz CT molecular complexity index is 650. The van der Waals surface area contributed by atoms with Gasteiger partial charge in [-0.15, -0.1) is 0 Å². The lowest BCUT2D eigenvalue weighted by atomic mass is 10.1. The first-order valence-corrected chi connectivity index (χ1v) is 6.83. The molecule has 0 heterocycles. The van der Waals surface area contributed by atoms with E-state index in [9.17, 15) is 4.79 Å². The second-order valence-corrected chi connectivity index (χ2v) is 4.87. The van der Waals surface area contributed by atoms with Crippen molar-refractivity contribution in [1.29, 1.82) is 0 Å². The Balaban J connectivity index is 1.81. The van der Waals surface area contributed by atoms with E-state index in [0.717, 1.165) is 22.4 Å². The lowest BCUT2D eigenvalue weighted by Crippen LogP contribution is -2.25. The number of nitrogens with zero attached hydrogens (tertiary/aromatic N) is 1. The summed E-state index contributed by atoms with van der Waals surface area (Å²) < 4.78 is 0. The van der Waals surface area contributed by atoms with Crippen molar-refractivity contribution in [2.75, 3.05) is 11.9 Å². The monoisotopic (exact) mass is 281 g/mol. The topological polar surface area (TPSA) is 53.5 Å². The van der Waals surface area contributed by atoms with E-state index in [1.165, 1.54) is 0 Å². The van der Waals surface area contributed by atoms with Gasteiger partial charge < -0.3 is 5.32 Å². The van der Waals surface area contributed by atoms with Crippen molar-refractivity contribution in [3.63, 3.8) is 0 Å². The molecule has 0 radical (unpaired) electrons. The fraction of sp³-hybridized carbons (Fsp3) is 0.176. The average Bonchev–Trinajstić information content (AvgIpc) is 2.47. The van der Waals surface area contributed by atoms with Gasteiger partial charge in [0.05, 0.1) is 12.8 Å². The van der Waals surface area contributed by atoms with Crippen LogP contribution in [0.4, 0.5) is 5.69 Å². The molecule has 2 N–H and O–H groups in total. The molecule has 2 aromatic carbocycles. The molecule has 0 bridgehead atoms. The van der Waals surface area contributed by atoms with Gasteiger partial charge in [-0.2, -0.15) is 5.10 Å². The normalized spacial score (nSPS) is 10.6. The van der Waals surface area contributed by atoms with Crippen LogP contribution in [-0.2, 0) is 4.79 Å². The molecule has 0 atom stereocenters. The molecular weight excluding hydrogens is 262 g/mol. The largest absolute Gasteiger partial charge is 0.376 e. The van der Waals surface area contributed by atoms with Crippen LogP contribution in [0.25, 0.3) is 0 Å². The molecule has 108 valence electrons. The Labute approximate surface area is 124 Å². The molecule has 0 unspecified atom stereocenters. The number of hydrazone groups is 1. The van der Waals surface area contributed by atoms with E-state index in [-0.39, 0.29) is 12.5 Å². The van der Waals surface area contributed by atoms with E-state index >= 15 is 0 Å². The van der Waals surface area contributed by atoms with E-state index in [0.29, 0.717) is 0 Å². The van der Waals surface area contributed by atoms with Crippen molar-refractivity contribution in [3.8, 4) is 0 Å². The smallest absolute Gasteiger partial charge is 0.259 e. The molecule has 0 saturated carbocycles. The van der Waals surface area contributed by atoms with Crippen LogP contribution < -0.4 is 10.7 Å². The summed E-state index contributed by atoms with van der Waals surface area (Å²) in [4.78, 5) is 11.7. The number of benzene rings is 2. The van der Waals surface area contributed by atoms with E-state index in [1.54, 1.807) is 6.21 Å². The van der Waals surface area contributed by atoms with Gasteiger partial charge in [0.25, 0.3) is 5.91 Å². The lowest BCUT2D eigenvalue weighted by molar-refractivity contribution is -0.119. The summed E-state index contributed by atoms with van der Waals surface area (Å²) in [6.07, 6.45) is 1.65. The van der Waals surface area contributed by atoms with Crippen molar-refractivity contribution in [3.05, 3.63) is 65.2 Å². The Morgan fingerprint density at radius 1 is 1.14 bits per heavy atom. The van der Waals surface area contributed by atoms with Crippen LogP contribution in [-0.4, -0.2) is 18.7 Å². The second-order valence-electron chi connectivity index (χ2n) is 4.87. The van der Waals surface area contributed by atoms with Crippen LogP contribution in [0, 0.1) is 13.8 Å². The molecule has 0 aliphatic rings. The van der Waals surface area contributed by atoms with Crippen LogP contribution in [0.15, 0.2) is 53.6 Å². The summed E-state index contributed by atoms with van der Waals surface area (Å²) in [5.41, 5.74) is 6.70. The van der Waals surface area contributed by atoms with E-state index < -0.39 is 0 Å². The van der Waals surface area contributed by atoms with E-state index in [4.69, 9.17) is 0 Å². The van der Waals surface area contributed by atoms with Gasteiger partial charge in [-0.25, -0.2) is 5.43 Å². The zero-order chi connectivity index (χ0) is 15.1. The summed E-state index contributed by atoms with van der Waals surface area (Å²) >= 11 is 0. The van der Waals surface area contributed by atoms with Crippen LogP contribution in [0.2, 0.25) is 0 Å². The minimum atomic E-state index is -0.179. The maximum absolute atomic E-state index is 11.7. The molecule has 0 aromatic heterocycles. The zero-order valence-corrected chi connectivity index (χ0v) is 12.3. The van der Waals surface area contributed by atoms with Crippen molar-refractivity contribution in [2.45, 2.75) is 13.8 Å². The molecule has 0 aliphatic carbocycles. The summed E-state index contributed by atoms with van der Waals surface area (Å²) in [5.74, 6) is -0.179. The third kappa shape index (κ3) is 4.76. The highest BCUT2D eigenvalue weighted by Gasteiger charge is 1.99. The Morgan fingerprint density at radius 3 is 2.71 bits per heavy atom. The fourth-order valence-corrected chi connectivity index (χ4v) is 1.88. The van der Waals surface area contributed by atoms with Gasteiger partial charge in [0.1, 0.15) is 0 Å². The summed E-state index contributed by atoms with van der Waals surface area (Å²) in [6, 6.07) is 15.7. The number of rotatable bonds is 5. The van der Waals surface area contributed by atoms with Crippen molar-refractivity contribution < 1.29 is 4.79 Å². The van der Waals surface area contributed by atoms with Gasteiger partial charge in [0.2, 0.25) is 0 Å². The van der Waals surface area contributed by atoms with Crippen molar-refractivity contribution >= 4 is 17.8 Å². The number of carbonyl (C=O) groups excluding carboxylic acids is 1. The maximum atomic E-state index is 11.7. The first-order valence-electron chi connectivity index (χ1n) is 6.83. The number of nitrogens with one attached hydrogen (secondary N) is 2. The van der Waals surface area contributed by atoms with Gasteiger partial charge in [-0.1, -0.05) is 36.4 Å². The molecule has 1 amide bonds. The van der Waals surface area contributed by atoms with E-state index in [2.05, 4.69) is 15.8 Å². The Hall–Kier alpha value is -2.62. The second kappa shape index (κ2) is 7.24. The van der Waals surface area contributed by atoms with Crippen molar-refractivity contribution in [2.24, 2.45) is 5.10 Å². The van der Waals surface area contributed by atoms with Gasteiger partial charge in [-0.3, -0.25) is 4.79 Å². The highest BCUT2D eigenvalue weighted by atomic mass is 16.2. The van der Waals surface area contributed by atoms with Crippen molar-refractivity contribution in [1.82, 2.24) is 5.43 Å². The van der Waals surface area contributed by atoms with Gasteiger partial charge in [-0.05, 0) is 42.7 Å². The lowest BCUT2D eigenvalue weighted by Gasteiger charge is -2.05. The first kappa shape index (κ1) is 14.8. The molecule has 4 nitrogen and oxygen atoms in total. The molecule has 0 aliphatic heterocycles. The predicted octanol–water partition coefficient (Wildman–Crippen LogP) is 2.87. The Kier molecular flexibility index (Phi) is 5.10. The zero-order valence-electron chi connectivity index (χ0n) is 12.3. The number of hydrogen-bond donors (Lipinski definition) is 2. The molecule has 0 saturated heterocycles. The minimum Gasteiger partial charge on any atom is -0.376 e. The molecule has 21 heavy (non-hydrogen) atoms. The van der Waals surface area contributed by atoms with Crippen LogP contribution in [0.5, 0.6) is 0 Å². The third-order valence-corrected chi connectivity index (χ3v) is 3.05. The van der Waals surface area contributed by atoms with Gasteiger partial charge in [0.15, 0.2) is 0 Å². The summed E-state index contributed by atoms with van der Waals surface area (Å²) in [6.45, 7) is 4.20. The number of carbonyl (C=O) groups is 1. The number of aryl methyl sites for hydroxylation is 2. The number of amides is 1. The SMILES string of the molecule is Cc1cccc(NCC(=O)N/N=C\c2ccccc2C)c1. The highest BCUT2D eigenvalue weighted by molar-refractivity contribution is 5.85. The number of hydrogen-bond acceptors (Lipinski definition) is 3. The molecule has 2 rings (SSSR count). The van der Waals surface area contributed by atoms with Crippen LogP contribution in [0.3, 0.4) is 0 Å². The third-order valence-electron chi connectivity index (χ3n) is 3.05. The fourth-order valence-electron chi connectivity index (χ4n) is 1.88. The van der Waals surface area contributed by atoms with Crippen LogP contribution >= 0.6 is 0 Å². The summed E-state index contributed by atoms with van der Waals surface area (Å²) in [5, 5.41) is 7.03. The van der Waals surface area contributed by atoms with E-state index in [1.807, 2.05) is 62.4 Å².